The van der Waals surface area contributed by atoms with Crippen LogP contribution in [-0.4, -0.2) is 52.4 Å². The molecule has 0 fully saturated rings. The molecule has 0 heterocycles. The van der Waals surface area contributed by atoms with Crippen LogP contribution in [0.15, 0.2) is 60.6 Å². The summed E-state index contributed by atoms with van der Waals surface area (Å²) in [6, 6.07) is 1.10. The second kappa shape index (κ2) is 16.1. The van der Waals surface area contributed by atoms with E-state index in [4.69, 9.17) is 14.2 Å². The van der Waals surface area contributed by atoms with Gasteiger partial charge in [-0.25, -0.2) is 26.6 Å². The van der Waals surface area contributed by atoms with E-state index >= 15 is 0 Å². The largest absolute Gasteiger partial charge is 0.724 e. The summed E-state index contributed by atoms with van der Waals surface area (Å²) in [5.41, 5.74) is 0. The topological polar surface area (TPSA) is 197 Å². The Morgan fingerprint density at radius 2 is 0.953 bits per heavy atom. The van der Waals surface area contributed by atoms with Crippen molar-refractivity contribution in [2.24, 2.45) is 0 Å². The lowest BCUT2D eigenvalue weighted by Crippen LogP contribution is -2.11. The van der Waals surface area contributed by atoms with Gasteiger partial charge >= 0.3 is 24.2 Å². The van der Waals surface area contributed by atoms with Crippen molar-refractivity contribution < 1.29 is 94.4 Å². The summed E-state index contributed by atoms with van der Waals surface area (Å²) in [5.74, 6) is -2.72. The van der Waals surface area contributed by atoms with Gasteiger partial charge in [0.05, 0.1) is 0 Å². The highest BCUT2D eigenvalue weighted by atomic mass is 32.3. The van der Waals surface area contributed by atoms with Crippen LogP contribution in [0.3, 0.4) is 0 Å². The Hall–Kier alpha value is -3.84. The third-order valence-electron chi connectivity index (χ3n) is 3.87. The molecule has 2 aromatic carbocycles. The summed E-state index contributed by atoms with van der Waals surface area (Å²) in [7, 11) is -10.4. The van der Waals surface area contributed by atoms with Gasteiger partial charge in [0.2, 0.25) is 20.8 Å². The zero-order valence-corrected chi connectivity index (χ0v) is 22.1. The molecular weight excluding hydrogens is 658 g/mol. The SMILES string of the molecule is O=S(=O)([O-])OOCCOc1cc(Oc2ccc(OC(F)=C(F)F)c(OCCOOS(=O)(=O)[O-])c2)ccc1OC(F)=C(F)F. The smallest absolute Gasteiger partial charge is 0.344 e. The number of hydrogen-bond acceptors (Lipinski definition) is 15. The highest BCUT2D eigenvalue weighted by Gasteiger charge is 2.17. The van der Waals surface area contributed by atoms with Gasteiger partial charge in [0.15, 0.2) is 23.0 Å². The van der Waals surface area contributed by atoms with Crippen molar-refractivity contribution in [2.75, 3.05) is 26.4 Å². The van der Waals surface area contributed by atoms with Gasteiger partial charge in [0, 0.05) is 12.1 Å². The Morgan fingerprint density at radius 1 is 0.581 bits per heavy atom. The molecule has 0 amide bonds. The third kappa shape index (κ3) is 13.8. The Labute approximate surface area is 237 Å². The van der Waals surface area contributed by atoms with Crippen molar-refractivity contribution in [1.82, 2.24) is 0 Å². The van der Waals surface area contributed by atoms with Gasteiger partial charge in [-0.05, 0) is 24.3 Å². The molecule has 0 spiro atoms. The van der Waals surface area contributed by atoms with Crippen LogP contribution in [-0.2, 0) is 39.2 Å². The van der Waals surface area contributed by atoms with Gasteiger partial charge in [0.25, 0.3) is 0 Å². The molecule has 0 bridgehead atoms. The molecule has 240 valence electrons. The maximum absolute atomic E-state index is 13.4. The first-order valence-corrected chi connectivity index (χ1v) is 13.2. The molecule has 0 radical (unpaired) electrons. The molecule has 15 nitrogen and oxygen atoms in total. The van der Waals surface area contributed by atoms with Gasteiger partial charge in [-0.3, -0.25) is 0 Å². The molecular formula is C20H14F6O15S2-2. The number of halogens is 6. The average Bonchev–Trinajstić information content (AvgIpc) is 2.89. The van der Waals surface area contributed by atoms with Crippen molar-refractivity contribution in [1.29, 1.82) is 0 Å². The van der Waals surface area contributed by atoms with Crippen LogP contribution in [0, 0.1) is 0 Å². The van der Waals surface area contributed by atoms with Crippen LogP contribution in [0.5, 0.6) is 34.5 Å². The van der Waals surface area contributed by atoms with Crippen molar-refractivity contribution >= 4 is 20.8 Å². The number of benzene rings is 2. The number of hydrogen-bond donors (Lipinski definition) is 0. The minimum atomic E-state index is -5.22. The van der Waals surface area contributed by atoms with Gasteiger partial charge in [-0.2, -0.15) is 26.3 Å². The van der Waals surface area contributed by atoms with Crippen LogP contribution < -0.4 is 23.7 Å². The first kappa shape index (κ1) is 35.4. The first-order chi connectivity index (χ1) is 20.0. The van der Waals surface area contributed by atoms with Crippen LogP contribution in [0.2, 0.25) is 0 Å². The van der Waals surface area contributed by atoms with E-state index in [1.807, 2.05) is 0 Å². The number of rotatable bonds is 18. The maximum Gasteiger partial charge on any atom is 0.344 e. The molecule has 0 saturated carbocycles. The monoisotopic (exact) mass is 672 g/mol. The molecule has 23 heteroatoms. The van der Waals surface area contributed by atoms with E-state index in [1.165, 1.54) is 0 Å². The van der Waals surface area contributed by atoms with E-state index < -0.39 is 94.4 Å². The van der Waals surface area contributed by atoms with Crippen LogP contribution in [0.25, 0.3) is 0 Å². The van der Waals surface area contributed by atoms with Crippen molar-refractivity contribution in [3.05, 3.63) is 60.6 Å². The lowest BCUT2D eigenvalue weighted by Gasteiger charge is -2.15. The second-order valence-corrected chi connectivity index (χ2v) is 8.79. The Balaban J connectivity index is 2.27. The van der Waals surface area contributed by atoms with Crippen LogP contribution >= 0.6 is 0 Å². The van der Waals surface area contributed by atoms with Crippen molar-refractivity contribution in [2.45, 2.75) is 0 Å². The fourth-order valence-electron chi connectivity index (χ4n) is 2.46. The Morgan fingerprint density at radius 3 is 1.28 bits per heavy atom. The van der Waals surface area contributed by atoms with Gasteiger partial charge in [0.1, 0.15) is 37.9 Å². The summed E-state index contributed by atoms with van der Waals surface area (Å²) >= 11 is 0. The molecule has 0 unspecified atom stereocenters. The molecule has 43 heavy (non-hydrogen) atoms. The molecule has 0 aliphatic carbocycles. The molecule has 0 atom stereocenters. The molecule has 0 saturated heterocycles. The van der Waals surface area contributed by atoms with E-state index in [0.29, 0.717) is 0 Å². The zero-order valence-electron chi connectivity index (χ0n) is 20.5. The summed E-state index contributed by atoms with van der Waals surface area (Å²) in [6.45, 7) is -2.67. The molecule has 0 aromatic heterocycles. The van der Waals surface area contributed by atoms with E-state index in [2.05, 4.69) is 27.9 Å². The molecule has 0 aliphatic rings. The lowest BCUT2D eigenvalue weighted by molar-refractivity contribution is -0.212. The maximum atomic E-state index is 13.4. The predicted octanol–water partition coefficient (Wildman–Crippen LogP) is 3.88. The summed E-state index contributed by atoms with van der Waals surface area (Å²) < 4.78 is 170. The summed E-state index contributed by atoms with van der Waals surface area (Å²) in [6.07, 6.45) is -5.66. The molecule has 2 rings (SSSR count). The minimum absolute atomic E-state index is 0.204. The number of ether oxygens (including phenoxy) is 5. The fraction of sp³-hybridized carbons (Fsp3) is 0.200. The molecule has 2 aromatic rings. The van der Waals surface area contributed by atoms with E-state index in [1.54, 1.807) is 0 Å². The van der Waals surface area contributed by atoms with Crippen LogP contribution in [0.1, 0.15) is 0 Å². The summed E-state index contributed by atoms with van der Waals surface area (Å²) in [4.78, 5) is 8.14. The zero-order chi connectivity index (χ0) is 32.2. The first-order valence-electron chi connectivity index (χ1n) is 10.6. The summed E-state index contributed by atoms with van der Waals surface area (Å²) in [5, 5.41) is 0. The van der Waals surface area contributed by atoms with E-state index in [-0.39, 0.29) is 11.5 Å². The second-order valence-electron chi connectivity index (χ2n) is 6.88. The van der Waals surface area contributed by atoms with Crippen molar-refractivity contribution in [3.8, 4) is 34.5 Å². The van der Waals surface area contributed by atoms with Gasteiger partial charge in [-0.1, -0.05) is 0 Å². The Bertz CT molecular complexity index is 1410. The standard InChI is InChI=1S/C20H16F6O15S2/c21-17(22)19(25)38-13-3-1-11(9-15(13)33-5-7-35-40-42(27,28)29)37-12-2-4-14(39-20(26)18(23)24)16(10-12)34-6-8-36-41-43(30,31)32/h1-4,9-10H,5-8H2,(H,27,28,29)(H,30,31,32)/p-2. The predicted molar refractivity (Wildman–Crippen MR) is 119 cm³/mol. The Kier molecular flexibility index (Phi) is 13.3. The highest BCUT2D eigenvalue weighted by molar-refractivity contribution is 7.80. The lowest BCUT2D eigenvalue weighted by atomic mass is 10.2. The molecule has 0 aliphatic heterocycles. The normalized spacial score (nSPS) is 11.4. The van der Waals surface area contributed by atoms with Crippen molar-refractivity contribution in [3.63, 3.8) is 0 Å². The van der Waals surface area contributed by atoms with Gasteiger partial charge in [-0.15, -0.1) is 8.67 Å². The fourth-order valence-corrected chi connectivity index (χ4v) is 2.83. The third-order valence-corrected chi connectivity index (χ3v) is 4.40. The minimum Gasteiger partial charge on any atom is -0.724 e. The quantitative estimate of drug-likeness (QED) is 0.0420. The molecule has 0 N–H and O–H groups in total. The highest BCUT2D eigenvalue weighted by Crippen LogP contribution is 2.38. The van der Waals surface area contributed by atoms with E-state index in [0.717, 1.165) is 36.4 Å². The van der Waals surface area contributed by atoms with Crippen LogP contribution in [0.4, 0.5) is 26.3 Å². The van der Waals surface area contributed by atoms with Gasteiger partial charge < -0.3 is 32.8 Å². The van der Waals surface area contributed by atoms with E-state index in [9.17, 15) is 52.3 Å². The average molecular weight is 672 g/mol.